The van der Waals surface area contributed by atoms with Gasteiger partial charge in [0.15, 0.2) is 0 Å². The number of hydrogen-bond acceptors (Lipinski definition) is 5. The Morgan fingerprint density at radius 3 is 2.58 bits per heavy atom. The molecule has 162 valence electrons. The SMILES string of the molecule is COCCCN1C(=O)c2ccc(C(=O)Nc3c(F)cccc3N3CCCC3)cc2C1=O. The largest absolute Gasteiger partial charge is 0.385 e. The van der Waals surface area contributed by atoms with Crippen molar-refractivity contribution in [3.8, 4) is 0 Å². The molecule has 7 nitrogen and oxygen atoms in total. The standard InChI is InChI=1S/C23H24FN3O4/c1-31-13-5-12-27-22(29)16-9-8-15(14-17(16)23(27)30)21(28)25-20-18(24)6-4-7-19(20)26-10-2-3-11-26/h4,6-9,14H,2-3,5,10-13H2,1H3,(H,25,28). The van der Waals surface area contributed by atoms with Gasteiger partial charge in [-0.1, -0.05) is 6.07 Å². The molecule has 1 saturated heterocycles. The van der Waals surface area contributed by atoms with Crippen LogP contribution in [0, 0.1) is 5.82 Å². The molecule has 2 aromatic carbocycles. The summed E-state index contributed by atoms with van der Waals surface area (Å²) in [5.74, 6) is -1.87. The van der Waals surface area contributed by atoms with Crippen molar-refractivity contribution in [3.63, 3.8) is 0 Å². The number of halogens is 1. The molecule has 0 atom stereocenters. The first-order valence-corrected chi connectivity index (χ1v) is 10.3. The minimum atomic E-state index is -0.536. The monoisotopic (exact) mass is 425 g/mol. The number of fused-ring (bicyclic) bond motifs is 1. The van der Waals surface area contributed by atoms with Gasteiger partial charge in [0.1, 0.15) is 11.5 Å². The van der Waals surface area contributed by atoms with Crippen LogP contribution in [0.5, 0.6) is 0 Å². The summed E-state index contributed by atoms with van der Waals surface area (Å²) in [5.41, 5.74) is 1.40. The Labute approximate surface area is 179 Å². The van der Waals surface area contributed by atoms with Gasteiger partial charge in [-0.15, -0.1) is 0 Å². The second-order valence-electron chi connectivity index (χ2n) is 7.65. The van der Waals surface area contributed by atoms with Crippen molar-refractivity contribution in [1.82, 2.24) is 4.90 Å². The Kier molecular flexibility index (Phi) is 5.99. The lowest BCUT2D eigenvalue weighted by molar-refractivity contribution is 0.0638. The second-order valence-corrected chi connectivity index (χ2v) is 7.65. The molecule has 0 aromatic heterocycles. The van der Waals surface area contributed by atoms with Crippen LogP contribution in [0.1, 0.15) is 50.3 Å². The lowest BCUT2D eigenvalue weighted by atomic mass is 10.1. The van der Waals surface area contributed by atoms with E-state index in [1.165, 1.54) is 24.3 Å². The number of imide groups is 1. The van der Waals surface area contributed by atoms with Gasteiger partial charge in [-0.2, -0.15) is 0 Å². The lowest BCUT2D eigenvalue weighted by Gasteiger charge is -2.22. The van der Waals surface area contributed by atoms with Crippen molar-refractivity contribution in [1.29, 1.82) is 0 Å². The fourth-order valence-electron chi connectivity index (χ4n) is 4.05. The smallest absolute Gasteiger partial charge is 0.261 e. The Morgan fingerprint density at radius 1 is 1.10 bits per heavy atom. The minimum Gasteiger partial charge on any atom is -0.385 e. The Hall–Kier alpha value is -3.26. The van der Waals surface area contributed by atoms with Crippen molar-refractivity contribution in [2.45, 2.75) is 19.3 Å². The van der Waals surface area contributed by atoms with E-state index in [1.54, 1.807) is 19.2 Å². The zero-order chi connectivity index (χ0) is 22.0. The third-order valence-corrected chi connectivity index (χ3v) is 5.64. The molecule has 0 bridgehead atoms. The predicted molar refractivity (Wildman–Crippen MR) is 114 cm³/mol. The van der Waals surface area contributed by atoms with Crippen LogP contribution in [-0.2, 0) is 4.74 Å². The number of methoxy groups -OCH3 is 1. The highest BCUT2D eigenvalue weighted by atomic mass is 19.1. The highest BCUT2D eigenvalue weighted by Gasteiger charge is 2.35. The average molecular weight is 425 g/mol. The number of carbonyl (C=O) groups is 3. The van der Waals surface area contributed by atoms with Gasteiger partial charge in [-0.25, -0.2) is 4.39 Å². The summed E-state index contributed by atoms with van der Waals surface area (Å²) in [5, 5.41) is 2.66. The Morgan fingerprint density at radius 2 is 1.84 bits per heavy atom. The number of carbonyl (C=O) groups excluding carboxylic acids is 3. The lowest BCUT2D eigenvalue weighted by Crippen LogP contribution is -2.31. The summed E-state index contributed by atoms with van der Waals surface area (Å²) in [7, 11) is 1.55. The molecular weight excluding hydrogens is 401 g/mol. The summed E-state index contributed by atoms with van der Waals surface area (Å²) in [4.78, 5) is 41.3. The fraction of sp³-hybridized carbons (Fsp3) is 0.348. The van der Waals surface area contributed by atoms with E-state index in [9.17, 15) is 18.8 Å². The quantitative estimate of drug-likeness (QED) is 0.544. The van der Waals surface area contributed by atoms with Gasteiger partial charge in [0.05, 0.1) is 16.8 Å². The number of anilines is 2. The number of rotatable bonds is 7. The number of nitrogens with zero attached hydrogens (tertiary/aromatic N) is 2. The first-order valence-electron chi connectivity index (χ1n) is 10.3. The zero-order valence-corrected chi connectivity index (χ0v) is 17.3. The Balaban J connectivity index is 1.56. The number of nitrogens with one attached hydrogen (secondary N) is 1. The highest BCUT2D eigenvalue weighted by molar-refractivity contribution is 6.22. The molecule has 8 heteroatoms. The minimum absolute atomic E-state index is 0.124. The number of para-hydroxylation sites is 1. The van der Waals surface area contributed by atoms with Gasteiger partial charge in [0.2, 0.25) is 0 Å². The maximum absolute atomic E-state index is 14.6. The summed E-state index contributed by atoms with van der Waals surface area (Å²) in [6.45, 7) is 2.29. The van der Waals surface area contributed by atoms with Crippen LogP contribution in [0.4, 0.5) is 15.8 Å². The molecule has 1 fully saturated rings. The normalized spacial score (nSPS) is 15.5. The van der Waals surface area contributed by atoms with Gasteiger partial charge in [-0.05, 0) is 49.6 Å². The van der Waals surface area contributed by atoms with Crippen molar-refractivity contribution in [2.24, 2.45) is 0 Å². The van der Waals surface area contributed by atoms with E-state index in [-0.39, 0.29) is 34.8 Å². The molecule has 2 aliphatic rings. The molecule has 2 aliphatic heterocycles. The first kappa shape index (κ1) is 21.0. The van der Waals surface area contributed by atoms with Crippen molar-refractivity contribution in [2.75, 3.05) is 43.6 Å². The van der Waals surface area contributed by atoms with E-state index in [0.717, 1.165) is 30.8 Å². The number of ether oxygens (including phenoxy) is 1. The van der Waals surface area contributed by atoms with E-state index in [2.05, 4.69) is 5.32 Å². The fourth-order valence-corrected chi connectivity index (χ4v) is 4.05. The summed E-state index contributed by atoms with van der Waals surface area (Å²) < 4.78 is 19.5. The van der Waals surface area contributed by atoms with Crippen LogP contribution in [0.2, 0.25) is 0 Å². The van der Waals surface area contributed by atoms with Crippen LogP contribution in [0.3, 0.4) is 0 Å². The summed E-state index contributed by atoms with van der Waals surface area (Å²) in [6, 6.07) is 9.07. The molecule has 2 heterocycles. The predicted octanol–water partition coefficient (Wildman–Crippen LogP) is 3.31. The summed E-state index contributed by atoms with van der Waals surface area (Å²) >= 11 is 0. The molecule has 0 spiro atoms. The van der Waals surface area contributed by atoms with E-state index < -0.39 is 17.6 Å². The summed E-state index contributed by atoms with van der Waals surface area (Å²) in [6.07, 6.45) is 2.57. The van der Waals surface area contributed by atoms with Gasteiger partial charge in [-0.3, -0.25) is 19.3 Å². The van der Waals surface area contributed by atoms with Gasteiger partial charge in [0, 0.05) is 38.9 Å². The number of hydrogen-bond donors (Lipinski definition) is 1. The molecule has 0 unspecified atom stereocenters. The molecule has 31 heavy (non-hydrogen) atoms. The maximum Gasteiger partial charge on any atom is 0.261 e. The van der Waals surface area contributed by atoms with E-state index >= 15 is 0 Å². The van der Waals surface area contributed by atoms with Crippen molar-refractivity contribution < 1.29 is 23.5 Å². The molecule has 3 amide bonds. The molecule has 1 N–H and O–H groups in total. The highest BCUT2D eigenvalue weighted by Crippen LogP contribution is 2.32. The first-order chi connectivity index (χ1) is 15.0. The van der Waals surface area contributed by atoms with Crippen molar-refractivity contribution >= 4 is 29.1 Å². The van der Waals surface area contributed by atoms with E-state index in [4.69, 9.17) is 4.74 Å². The van der Waals surface area contributed by atoms with Gasteiger partial charge in [0.25, 0.3) is 17.7 Å². The van der Waals surface area contributed by atoms with Gasteiger partial charge < -0.3 is 15.0 Å². The van der Waals surface area contributed by atoms with Crippen LogP contribution in [-0.4, -0.2) is 56.0 Å². The molecule has 0 aliphatic carbocycles. The third kappa shape index (κ3) is 4.03. The van der Waals surface area contributed by atoms with E-state index in [0.29, 0.717) is 18.7 Å². The third-order valence-electron chi connectivity index (χ3n) is 5.64. The molecule has 0 saturated carbocycles. The Bertz CT molecular complexity index is 1030. The molecule has 0 radical (unpaired) electrons. The maximum atomic E-state index is 14.6. The van der Waals surface area contributed by atoms with E-state index in [1.807, 2.05) is 4.90 Å². The zero-order valence-electron chi connectivity index (χ0n) is 17.3. The topological polar surface area (TPSA) is 79.0 Å². The average Bonchev–Trinajstić information content (AvgIpc) is 3.38. The van der Waals surface area contributed by atoms with Crippen LogP contribution < -0.4 is 10.2 Å². The number of benzene rings is 2. The van der Waals surface area contributed by atoms with Gasteiger partial charge >= 0.3 is 0 Å². The molecular formula is C23H24FN3O4. The molecule has 4 rings (SSSR count). The second kappa shape index (κ2) is 8.85. The van der Waals surface area contributed by atoms with Crippen LogP contribution >= 0.6 is 0 Å². The van der Waals surface area contributed by atoms with Crippen LogP contribution in [0.25, 0.3) is 0 Å². The number of amides is 3. The van der Waals surface area contributed by atoms with Crippen molar-refractivity contribution in [3.05, 3.63) is 58.9 Å². The molecule has 2 aromatic rings. The van der Waals surface area contributed by atoms with Crippen LogP contribution in [0.15, 0.2) is 36.4 Å².